The summed E-state index contributed by atoms with van der Waals surface area (Å²) < 4.78 is 5.45. The second kappa shape index (κ2) is 8.46. The quantitative estimate of drug-likeness (QED) is 0.877. The summed E-state index contributed by atoms with van der Waals surface area (Å²) in [7, 11) is 0. The van der Waals surface area contributed by atoms with Crippen molar-refractivity contribution in [1.29, 1.82) is 0 Å². The number of morpholine rings is 1. The first-order chi connectivity index (χ1) is 11.0. The zero-order valence-corrected chi connectivity index (χ0v) is 14.9. The van der Waals surface area contributed by atoms with E-state index >= 15 is 0 Å². The summed E-state index contributed by atoms with van der Waals surface area (Å²) in [5, 5.41) is 3.13. The normalized spacial score (nSPS) is 17.3. The van der Waals surface area contributed by atoms with Crippen LogP contribution in [0.3, 0.4) is 0 Å². The zero-order chi connectivity index (χ0) is 16.8. The fourth-order valence-electron chi connectivity index (χ4n) is 3.04. The minimum atomic E-state index is 0.0233. The fourth-order valence-corrected chi connectivity index (χ4v) is 3.04. The third kappa shape index (κ3) is 5.33. The first-order valence-electron chi connectivity index (χ1n) is 8.64. The van der Waals surface area contributed by atoms with E-state index in [0.29, 0.717) is 18.5 Å². The number of ether oxygens (including phenoxy) is 1. The van der Waals surface area contributed by atoms with Crippen LogP contribution in [-0.2, 0) is 4.74 Å². The standard InChI is InChI=1S/C19H30N2O2/c1-14(2)11-18(21-7-9-23-10-8-21)13-20-19(22)17-6-5-15(3)16(4)12-17/h5-6,12,14,18H,7-11,13H2,1-4H3,(H,20,22). The molecule has 0 spiro atoms. The lowest BCUT2D eigenvalue weighted by atomic mass is 10.0. The Labute approximate surface area is 140 Å². The van der Waals surface area contributed by atoms with E-state index in [1.54, 1.807) is 0 Å². The van der Waals surface area contributed by atoms with Gasteiger partial charge in [-0.2, -0.15) is 0 Å². The number of carbonyl (C=O) groups excluding carboxylic acids is 1. The second-order valence-electron chi connectivity index (χ2n) is 6.94. The van der Waals surface area contributed by atoms with Gasteiger partial charge in [0.25, 0.3) is 5.91 Å². The van der Waals surface area contributed by atoms with E-state index in [1.165, 1.54) is 5.56 Å². The number of hydrogen-bond acceptors (Lipinski definition) is 3. The molecule has 0 bridgehead atoms. The van der Waals surface area contributed by atoms with Crippen LogP contribution in [-0.4, -0.2) is 49.7 Å². The van der Waals surface area contributed by atoms with Gasteiger partial charge in [0.2, 0.25) is 0 Å². The summed E-state index contributed by atoms with van der Waals surface area (Å²) in [6.45, 7) is 12.8. The van der Waals surface area contributed by atoms with Gasteiger partial charge in [-0.3, -0.25) is 9.69 Å². The van der Waals surface area contributed by atoms with Gasteiger partial charge in [-0.25, -0.2) is 0 Å². The number of amides is 1. The molecule has 1 atom stereocenters. The number of hydrogen-bond donors (Lipinski definition) is 1. The number of nitrogens with one attached hydrogen (secondary N) is 1. The Morgan fingerprint density at radius 1 is 1.22 bits per heavy atom. The van der Waals surface area contributed by atoms with Crippen molar-refractivity contribution in [2.75, 3.05) is 32.8 Å². The molecule has 1 aliphatic heterocycles. The minimum absolute atomic E-state index is 0.0233. The van der Waals surface area contributed by atoms with Gasteiger partial charge in [-0.15, -0.1) is 0 Å². The van der Waals surface area contributed by atoms with Crippen molar-refractivity contribution < 1.29 is 9.53 Å². The Morgan fingerprint density at radius 3 is 2.52 bits per heavy atom. The molecule has 4 nitrogen and oxygen atoms in total. The van der Waals surface area contributed by atoms with E-state index in [0.717, 1.165) is 43.9 Å². The molecule has 0 aliphatic carbocycles. The van der Waals surface area contributed by atoms with Crippen molar-refractivity contribution in [3.63, 3.8) is 0 Å². The number of benzene rings is 1. The van der Waals surface area contributed by atoms with Gasteiger partial charge < -0.3 is 10.1 Å². The van der Waals surface area contributed by atoms with Crippen molar-refractivity contribution in [1.82, 2.24) is 10.2 Å². The Morgan fingerprint density at radius 2 is 1.91 bits per heavy atom. The maximum absolute atomic E-state index is 12.4. The van der Waals surface area contributed by atoms with Gasteiger partial charge in [0.15, 0.2) is 0 Å². The van der Waals surface area contributed by atoms with Crippen LogP contribution in [0.25, 0.3) is 0 Å². The van der Waals surface area contributed by atoms with E-state index in [1.807, 2.05) is 25.1 Å². The number of carbonyl (C=O) groups is 1. The van der Waals surface area contributed by atoms with Crippen molar-refractivity contribution >= 4 is 5.91 Å². The van der Waals surface area contributed by atoms with E-state index in [2.05, 4.69) is 31.0 Å². The number of aryl methyl sites for hydroxylation is 2. The molecule has 0 radical (unpaired) electrons. The van der Waals surface area contributed by atoms with Crippen molar-refractivity contribution in [3.8, 4) is 0 Å². The van der Waals surface area contributed by atoms with Crippen LogP contribution < -0.4 is 5.32 Å². The summed E-state index contributed by atoms with van der Waals surface area (Å²) in [5.74, 6) is 0.636. The van der Waals surface area contributed by atoms with E-state index in [9.17, 15) is 4.79 Å². The molecule has 1 aliphatic rings. The summed E-state index contributed by atoms with van der Waals surface area (Å²) in [5.41, 5.74) is 3.12. The van der Waals surface area contributed by atoms with Crippen LogP contribution >= 0.6 is 0 Å². The topological polar surface area (TPSA) is 41.6 Å². The molecule has 4 heteroatoms. The van der Waals surface area contributed by atoms with Gasteiger partial charge >= 0.3 is 0 Å². The summed E-state index contributed by atoms with van der Waals surface area (Å²) in [6, 6.07) is 6.27. The summed E-state index contributed by atoms with van der Waals surface area (Å²) >= 11 is 0. The highest BCUT2D eigenvalue weighted by molar-refractivity contribution is 5.94. The van der Waals surface area contributed by atoms with Gasteiger partial charge in [0.05, 0.1) is 13.2 Å². The molecule has 1 unspecified atom stereocenters. The molecule has 23 heavy (non-hydrogen) atoms. The van der Waals surface area contributed by atoms with Crippen molar-refractivity contribution in [2.24, 2.45) is 5.92 Å². The molecular weight excluding hydrogens is 288 g/mol. The first-order valence-corrected chi connectivity index (χ1v) is 8.64. The van der Waals surface area contributed by atoms with Gasteiger partial charge in [0, 0.05) is 31.2 Å². The lowest BCUT2D eigenvalue weighted by Gasteiger charge is -2.35. The lowest BCUT2D eigenvalue weighted by molar-refractivity contribution is 0.0124. The molecular formula is C19H30N2O2. The SMILES string of the molecule is Cc1ccc(C(=O)NCC(CC(C)C)N2CCOCC2)cc1C. The summed E-state index contributed by atoms with van der Waals surface area (Å²) in [6.07, 6.45) is 1.09. The third-order valence-corrected chi connectivity index (χ3v) is 4.57. The van der Waals surface area contributed by atoms with Crippen LogP contribution in [0, 0.1) is 19.8 Å². The molecule has 0 saturated carbocycles. The molecule has 0 aromatic heterocycles. The smallest absolute Gasteiger partial charge is 0.251 e. The van der Waals surface area contributed by atoms with Crippen LogP contribution in [0.5, 0.6) is 0 Å². The second-order valence-corrected chi connectivity index (χ2v) is 6.94. The maximum atomic E-state index is 12.4. The Kier molecular flexibility index (Phi) is 6.60. The molecule has 128 valence electrons. The number of nitrogens with zero attached hydrogens (tertiary/aromatic N) is 1. The predicted octanol–water partition coefficient (Wildman–Crippen LogP) is 2.78. The molecule has 1 heterocycles. The first kappa shape index (κ1) is 18.0. The molecule has 1 fully saturated rings. The average molecular weight is 318 g/mol. The maximum Gasteiger partial charge on any atom is 0.251 e. The van der Waals surface area contributed by atoms with Crippen LogP contribution in [0.4, 0.5) is 0 Å². The molecule has 1 aromatic carbocycles. The largest absolute Gasteiger partial charge is 0.379 e. The number of rotatable bonds is 6. The van der Waals surface area contributed by atoms with Gasteiger partial charge in [-0.1, -0.05) is 19.9 Å². The highest BCUT2D eigenvalue weighted by atomic mass is 16.5. The molecule has 2 rings (SSSR count). The molecule has 1 saturated heterocycles. The monoisotopic (exact) mass is 318 g/mol. The van der Waals surface area contributed by atoms with Crippen molar-refractivity contribution in [3.05, 3.63) is 34.9 Å². The molecule has 1 aromatic rings. The Balaban J connectivity index is 1.96. The van der Waals surface area contributed by atoms with E-state index in [-0.39, 0.29) is 5.91 Å². The van der Waals surface area contributed by atoms with E-state index in [4.69, 9.17) is 4.74 Å². The fraction of sp³-hybridized carbons (Fsp3) is 0.632. The minimum Gasteiger partial charge on any atom is -0.379 e. The van der Waals surface area contributed by atoms with Gasteiger partial charge in [-0.05, 0) is 49.4 Å². The third-order valence-electron chi connectivity index (χ3n) is 4.57. The highest BCUT2D eigenvalue weighted by Gasteiger charge is 2.22. The zero-order valence-electron chi connectivity index (χ0n) is 14.9. The predicted molar refractivity (Wildman–Crippen MR) is 93.9 cm³/mol. The lowest BCUT2D eigenvalue weighted by Crippen LogP contribution is -2.49. The van der Waals surface area contributed by atoms with Crippen molar-refractivity contribution in [2.45, 2.75) is 40.2 Å². The molecule has 1 N–H and O–H groups in total. The molecule has 1 amide bonds. The Bertz CT molecular complexity index is 522. The van der Waals surface area contributed by atoms with Crippen LogP contribution in [0.1, 0.15) is 41.8 Å². The average Bonchev–Trinajstić information content (AvgIpc) is 2.54. The summed E-state index contributed by atoms with van der Waals surface area (Å²) in [4.78, 5) is 14.9. The van der Waals surface area contributed by atoms with E-state index < -0.39 is 0 Å². The van der Waals surface area contributed by atoms with Crippen LogP contribution in [0.2, 0.25) is 0 Å². The van der Waals surface area contributed by atoms with Gasteiger partial charge in [0.1, 0.15) is 0 Å². The highest BCUT2D eigenvalue weighted by Crippen LogP contribution is 2.14. The van der Waals surface area contributed by atoms with Crippen LogP contribution in [0.15, 0.2) is 18.2 Å². The Hall–Kier alpha value is -1.39.